The maximum atomic E-state index is 6.16. The molecule has 1 aromatic carbocycles. The van der Waals surface area contributed by atoms with Gasteiger partial charge >= 0.3 is 0 Å². The predicted molar refractivity (Wildman–Crippen MR) is 91.5 cm³/mol. The van der Waals surface area contributed by atoms with E-state index in [9.17, 15) is 0 Å². The van der Waals surface area contributed by atoms with E-state index in [4.69, 9.17) is 10.5 Å². The molecule has 3 rings (SSSR count). The molecule has 1 unspecified atom stereocenters. The molecule has 2 heterocycles. The number of H-pyrrole nitrogens is 1. The second-order valence-corrected chi connectivity index (χ2v) is 6.27. The highest BCUT2D eigenvalue weighted by Gasteiger charge is 2.28. The van der Waals surface area contributed by atoms with Gasteiger partial charge in [0.2, 0.25) is 0 Å². The van der Waals surface area contributed by atoms with Gasteiger partial charge in [-0.1, -0.05) is 6.92 Å². The van der Waals surface area contributed by atoms with Gasteiger partial charge in [-0.2, -0.15) is 0 Å². The maximum absolute atomic E-state index is 6.16. The lowest BCUT2D eigenvalue weighted by Gasteiger charge is -2.35. The van der Waals surface area contributed by atoms with Crippen molar-refractivity contribution in [1.82, 2.24) is 9.88 Å². The summed E-state index contributed by atoms with van der Waals surface area (Å²) in [6.07, 6.45) is 4.63. The molecule has 1 atom stereocenters. The van der Waals surface area contributed by atoms with Crippen LogP contribution in [0, 0.1) is 5.92 Å². The summed E-state index contributed by atoms with van der Waals surface area (Å²) >= 11 is 0. The fourth-order valence-corrected chi connectivity index (χ4v) is 3.80. The first kappa shape index (κ1) is 15.4. The Morgan fingerprint density at radius 3 is 2.77 bits per heavy atom. The summed E-state index contributed by atoms with van der Waals surface area (Å²) in [5.41, 5.74) is 8.68. The van der Waals surface area contributed by atoms with E-state index in [1.54, 1.807) is 7.11 Å². The first-order valence-electron chi connectivity index (χ1n) is 8.34. The molecule has 0 bridgehead atoms. The van der Waals surface area contributed by atoms with E-state index in [2.05, 4.69) is 35.1 Å². The zero-order valence-electron chi connectivity index (χ0n) is 13.6. The molecule has 4 nitrogen and oxygen atoms in total. The first-order valence-corrected chi connectivity index (χ1v) is 8.34. The summed E-state index contributed by atoms with van der Waals surface area (Å²) in [4.78, 5) is 5.92. The molecule has 0 spiro atoms. The Balaban J connectivity index is 1.87. The number of fused-ring (bicyclic) bond motifs is 1. The molecule has 3 N–H and O–H groups in total. The van der Waals surface area contributed by atoms with Crippen molar-refractivity contribution in [1.29, 1.82) is 0 Å². The van der Waals surface area contributed by atoms with Crippen LogP contribution in [0.3, 0.4) is 0 Å². The summed E-state index contributed by atoms with van der Waals surface area (Å²) in [5.74, 6) is 2.02. The molecule has 0 aliphatic carbocycles. The van der Waals surface area contributed by atoms with Crippen LogP contribution in [0.2, 0.25) is 0 Å². The number of hydrogen-bond donors (Lipinski definition) is 2. The molecular formula is C18H27N3O. The smallest absolute Gasteiger partial charge is 0.119 e. The van der Waals surface area contributed by atoms with Gasteiger partial charge in [0.1, 0.15) is 5.75 Å². The molecule has 1 fully saturated rings. The number of piperidine rings is 1. The third kappa shape index (κ3) is 2.85. The number of nitrogens with one attached hydrogen (secondary N) is 1. The Morgan fingerprint density at radius 2 is 2.14 bits per heavy atom. The zero-order chi connectivity index (χ0) is 15.5. The Kier molecular flexibility index (Phi) is 4.69. The van der Waals surface area contributed by atoms with Crippen molar-refractivity contribution in [2.45, 2.75) is 25.7 Å². The van der Waals surface area contributed by atoms with Crippen LogP contribution in [-0.2, 0) is 0 Å². The van der Waals surface area contributed by atoms with Crippen LogP contribution in [0.25, 0.3) is 10.9 Å². The lowest BCUT2D eigenvalue weighted by Crippen LogP contribution is -2.36. The van der Waals surface area contributed by atoms with E-state index in [-0.39, 0.29) is 0 Å². The van der Waals surface area contributed by atoms with Crippen molar-refractivity contribution in [2.24, 2.45) is 11.7 Å². The fourth-order valence-electron chi connectivity index (χ4n) is 3.80. The summed E-state index contributed by atoms with van der Waals surface area (Å²) in [5, 5.41) is 1.26. The molecule has 120 valence electrons. The van der Waals surface area contributed by atoms with Crippen molar-refractivity contribution >= 4 is 10.9 Å². The van der Waals surface area contributed by atoms with Gasteiger partial charge in [0.05, 0.1) is 7.11 Å². The molecule has 1 aliphatic rings. The monoisotopic (exact) mass is 301 g/mol. The van der Waals surface area contributed by atoms with Gasteiger partial charge in [-0.15, -0.1) is 0 Å². The van der Waals surface area contributed by atoms with Crippen molar-refractivity contribution in [2.75, 3.05) is 33.3 Å². The van der Waals surface area contributed by atoms with E-state index >= 15 is 0 Å². The normalized spacial score (nSPS) is 18.7. The highest BCUT2D eigenvalue weighted by atomic mass is 16.5. The summed E-state index contributed by atoms with van der Waals surface area (Å²) in [7, 11) is 1.72. The number of hydrogen-bond acceptors (Lipinski definition) is 3. The Bertz CT molecular complexity index is 614. The van der Waals surface area contributed by atoms with Gasteiger partial charge in [-0.05, 0) is 68.7 Å². The molecule has 1 saturated heterocycles. The number of likely N-dealkylation sites (tertiary alicyclic amines) is 1. The van der Waals surface area contributed by atoms with Crippen molar-refractivity contribution in [3.05, 3.63) is 30.0 Å². The molecule has 1 aliphatic heterocycles. The number of rotatable bonds is 5. The Labute approximate surface area is 132 Å². The SMILES string of the molecule is CCN1CCC(C(CN)c2c[nH]c3ccc(OC)cc23)CC1. The zero-order valence-corrected chi connectivity index (χ0v) is 13.6. The van der Waals surface area contributed by atoms with E-state index in [1.165, 1.54) is 42.4 Å². The molecule has 0 amide bonds. The van der Waals surface area contributed by atoms with Crippen LogP contribution in [0.15, 0.2) is 24.4 Å². The third-order valence-electron chi connectivity index (χ3n) is 5.22. The van der Waals surface area contributed by atoms with Gasteiger partial charge in [-0.25, -0.2) is 0 Å². The van der Waals surface area contributed by atoms with Crippen molar-refractivity contribution in [3.63, 3.8) is 0 Å². The second-order valence-electron chi connectivity index (χ2n) is 6.27. The summed E-state index contributed by atoms with van der Waals surface area (Å²) < 4.78 is 5.38. The fraction of sp³-hybridized carbons (Fsp3) is 0.556. The third-order valence-corrected chi connectivity index (χ3v) is 5.22. The number of aromatic nitrogens is 1. The molecule has 0 radical (unpaired) electrons. The number of ether oxygens (including phenoxy) is 1. The first-order chi connectivity index (χ1) is 10.8. The summed E-state index contributed by atoms with van der Waals surface area (Å²) in [6, 6.07) is 6.22. The Hall–Kier alpha value is -1.52. The van der Waals surface area contributed by atoms with Crippen LogP contribution in [0.4, 0.5) is 0 Å². The van der Waals surface area contributed by atoms with Crippen LogP contribution in [-0.4, -0.2) is 43.2 Å². The Morgan fingerprint density at radius 1 is 1.36 bits per heavy atom. The maximum Gasteiger partial charge on any atom is 0.119 e. The second kappa shape index (κ2) is 6.71. The molecule has 0 saturated carbocycles. The highest BCUT2D eigenvalue weighted by Crippen LogP contribution is 2.36. The van der Waals surface area contributed by atoms with Gasteiger partial charge in [0, 0.05) is 23.0 Å². The van der Waals surface area contributed by atoms with Crippen LogP contribution in [0.5, 0.6) is 5.75 Å². The highest BCUT2D eigenvalue weighted by molar-refractivity contribution is 5.85. The number of nitrogens with zero attached hydrogens (tertiary/aromatic N) is 1. The largest absolute Gasteiger partial charge is 0.497 e. The lowest BCUT2D eigenvalue weighted by molar-refractivity contribution is 0.176. The van der Waals surface area contributed by atoms with Gasteiger partial charge in [0.15, 0.2) is 0 Å². The number of benzene rings is 1. The minimum absolute atomic E-state index is 0.430. The van der Waals surface area contributed by atoms with Gasteiger partial charge in [0.25, 0.3) is 0 Å². The minimum atomic E-state index is 0.430. The molecule has 4 heteroatoms. The summed E-state index contributed by atoms with van der Waals surface area (Å²) in [6.45, 7) is 6.50. The number of nitrogens with two attached hydrogens (primary N) is 1. The molecule has 1 aromatic heterocycles. The van der Waals surface area contributed by atoms with E-state index in [0.717, 1.165) is 12.3 Å². The van der Waals surface area contributed by atoms with E-state index in [1.807, 2.05) is 6.07 Å². The average Bonchev–Trinajstić information content (AvgIpc) is 2.99. The molecular weight excluding hydrogens is 274 g/mol. The van der Waals surface area contributed by atoms with E-state index < -0.39 is 0 Å². The van der Waals surface area contributed by atoms with Crippen LogP contribution < -0.4 is 10.5 Å². The lowest BCUT2D eigenvalue weighted by atomic mass is 9.80. The minimum Gasteiger partial charge on any atom is -0.497 e. The van der Waals surface area contributed by atoms with E-state index in [0.29, 0.717) is 18.4 Å². The average molecular weight is 301 g/mol. The number of methoxy groups -OCH3 is 1. The van der Waals surface area contributed by atoms with Crippen molar-refractivity contribution in [3.8, 4) is 5.75 Å². The van der Waals surface area contributed by atoms with Crippen molar-refractivity contribution < 1.29 is 4.74 Å². The molecule has 2 aromatic rings. The standard InChI is InChI=1S/C18H27N3O/c1-3-21-8-6-13(7-9-21)16(11-19)17-12-20-18-5-4-14(22-2)10-15(17)18/h4-5,10,12-13,16,20H,3,6-9,11,19H2,1-2H3. The van der Waals surface area contributed by atoms with Crippen LogP contribution >= 0.6 is 0 Å². The topological polar surface area (TPSA) is 54.3 Å². The van der Waals surface area contributed by atoms with Crippen LogP contribution in [0.1, 0.15) is 31.2 Å². The van der Waals surface area contributed by atoms with Gasteiger partial charge in [-0.3, -0.25) is 0 Å². The number of aromatic amines is 1. The molecule has 22 heavy (non-hydrogen) atoms. The predicted octanol–water partition coefficient (Wildman–Crippen LogP) is 2.95. The van der Waals surface area contributed by atoms with Gasteiger partial charge < -0.3 is 20.4 Å². The quantitative estimate of drug-likeness (QED) is 0.893.